The molecule has 2 atom stereocenters. The Kier molecular flexibility index (Phi) is 8.00. The number of aryl methyl sites for hydroxylation is 1. The van der Waals surface area contributed by atoms with E-state index in [-0.39, 0.29) is 5.88 Å². The number of nitrogens with one attached hydrogen (secondary N) is 1. The van der Waals surface area contributed by atoms with Gasteiger partial charge in [-0.15, -0.1) is 0 Å². The molecular formula is C9H13NO4S2-2. The highest BCUT2D eigenvalue weighted by Gasteiger charge is 1.90. The number of hydrogen-bond acceptors (Lipinski definition) is 5. The average molecular weight is 263 g/mol. The van der Waals surface area contributed by atoms with Crippen LogP contribution in [0.15, 0.2) is 24.3 Å². The third-order valence-electron chi connectivity index (χ3n) is 1.41. The molecule has 0 saturated heterocycles. The Morgan fingerprint density at radius 1 is 1.31 bits per heavy atom. The summed E-state index contributed by atoms with van der Waals surface area (Å²) in [4.78, 5) is 0. The summed E-state index contributed by atoms with van der Waals surface area (Å²) in [5, 5.41) is 2.77. The van der Waals surface area contributed by atoms with E-state index < -0.39 is 22.2 Å². The van der Waals surface area contributed by atoms with Gasteiger partial charge in [0, 0.05) is 5.69 Å². The minimum atomic E-state index is -2.03. The van der Waals surface area contributed by atoms with Gasteiger partial charge in [0.2, 0.25) is 0 Å². The Labute approximate surface area is 99.8 Å². The molecule has 92 valence electrons. The van der Waals surface area contributed by atoms with Crippen LogP contribution in [0.1, 0.15) is 5.56 Å². The predicted octanol–water partition coefficient (Wildman–Crippen LogP) is 0.739. The van der Waals surface area contributed by atoms with Gasteiger partial charge < -0.3 is 14.4 Å². The van der Waals surface area contributed by atoms with Gasteiger partial charge in [-0.25, -0.2) is 0 Å². The summed E-state index contributed by atoms with van der Waals surface area (Å²) in [5.74, 6) is -0.0382. The first-order chi connectivity index (χ1) is 7.41. The number of benzene rings is 1. The fourth-order valence-corrected chi connectivity index (χ4v) is 1.18. The Hall–Kier alpha value is -0.760. The lowest BCUT2D eigenvalue weighted by molar-refractivity contribution is 0.538. The van der Waals surface area contributed by atoms with Gasteiger partial charge in [0.15, 0.2) is 0 Å². The van der Waals surface area contributed by atoms with E-state index >= 15 is 0 Å². The number of hydrogen-bond donors (Lipinski definition) is 1. The molecule has 0 radical (unpaired) electrons. The van der Waals surface area contributed by atoms with Crippen molar-refractivity contribution in [2.45, 2.75) is 6.92 Å². The first kappa shape index (κ1) is 15.2. The second-order valence-corrected chi connectivity index (χ2v) is 4.59. The van der Waals surface area contributed by atoms with E-state index in [4.69, 9.17) is 8.76 Å². The fraction of sp³-hybridized carbons (Fsp3) is 0.333. The fourth-order valence-electron chi connectivity index (χ4n) is 0.897. The van der Waals surface area contributed by atoms with Crippen LogP contribution in [0, 0.1) is 6.92 Å². The summed E-state index contributed by atoms with van der Waals surface area (Å²) in [6.07, 6.45) is 1.08. The molecule has 0 aliphatic carbocycles. The highest BCUT2D eigenvalue weighted by Crippen LogP contribution is 2.08. The highest BCUT2D eigenvalue weighted by molar-refractivity contribution is 7.79. The molecule has 5 nitrogen and oxygen atoms in total. The minimum absolute atomic E-state index is 0.0382. The van der Waals surface area contributed by atoms with E-state index in [1.807, 2.05) is 31.2 Å². The Morgan fingerprint density at radius 2 is 1.88 bits per heavy atom. The van der Waals surface area contributed by atoms with Crippen molar-refractivity contribution in [2.75, 3.05) is 17.4 Å². The van der Waals surface area contributed by atoms with E-state index in [0.717, 1.165) is 17.5 Å². The third kappa shape index (κ3) is 9.78. The molecule has 16 heavy (non-hydrogen) atoms. The maximum atomic E-state index is 10.2. The monoisotopic (exact) mass is 263 g/mol. The van der Waals surface area contributed by atoms with Gasteiger partial charge in [-0.3, -0.25) is 8.42 Å². The normalized spacial score (nSPS) is 13.2. The summed E-state index contributed by atoms with van der Waals surface area (Å²) < 4.78 is 38.4. The molecule has 0 heterocycles. The van der Waals surface area contributed by atoms with Crippen molar-refractivity contribution >= 4 is 27.8 Å². The maximum absolute atomic E-state index is 10.2. The zero-order valence-electron chi connectivity index (χ0n) is 8.97. The highest BCUT2D eigenvalue weighted by atomic mass is 32.2. The smallest absolute Gasteiger partial charge is 0.0777 e. The van der Waals surface area contributed by atoms with Crippen LogP contribution in [-0.2, 0) is 22.2 Å². The third-order valence-corrected chi connectivity index (χ3v) is 1.79. The molecule has 0 saturated carbocycles. The maximum Gasteiger partial charge on any atom is 0.0777 e. The van der Waals surface area contributed by atoms with Gasteiger partial charge in [-0.05, 0) is 42.0 Å². The average Bonchev–Trinajstić information content (AvgIpc) is 2.14. The first-order valence-corrected chi connectivity index (χ1v) is 7.02. The molecule has 1 rings (SSSR count). The molecule has 0 aliphatic rings. The van der Waals surface area contributed by atoms with E-state index in [9.17, 15) is 8.76 Å². The summed E-state index contributed by atoms with van der Waals surface area (Å²) >= 11 is -3.89. The Bertz CT molecular complexity index is 366. The van der Waals surface area contributed by atoms with E-state index in [1.54, 1.807) is 0 Å². The van der Waals surface area contributed by atoms with Crippen molar-refractivity contribution in [3.8, 4) is 0 Å². The Balaban J connectivity index is 0.000000487. The molecule has 7 heteroatoms. The van der Waals surface area contributed by atoms with Crippen molar-refractivity contribution in [1.29, 1.82) is 0 Å². The van der Waals surface area contributed by atoms with Crippen LogP contribution in [0.5, 0.6) is 0 Å². The lowest BCUT2D eigenvalue weighted by Gasteiger charge is -2.08. The number of anilines is 1. The summed E-state index contributed by atoms with van der Waals surface area (Å²) in [7, 11) is 0. The van der Waals surface area contributed by atoms with Crippen LogP contribution in [0.2, 0.25) is 0 Å². The molecule has 0 bridgehead atoms. The van der Waals surface area contributed by atoms with Crippen LogP contribution in [0.3, 0.4) is 0 Å². The van der Waals surface area contributed by atoms with Crippen LogP contribution in [0.4, 0.5) is 5.69 Å². The van der Waals surface area contributed by atoms with Crippen molar-refractivity contribution in [1.82, 2.24) is 0 Å². The molecule has 0 aromatic heterocycles. The lowest BCUT2D eigenvalue weighted by Crippen LogP contribution is -2.06. The summed E-state index contributed by atoms with van der Waals surface area (Å²) in [5.41, 5.74) is 1.94. The van der Waals surface area contributed by atoms with Gasteiger partial charge in [0.25, 0.3) is 0 Å². The largest absolute Gasteiger partial charge is 0.773 e. The van der Waals surface area contributed by atoms with Gasteiger partial charge in [0.1, 0.15) is 0 Å². The standard InChI is InChI=1S/C8H11NO2S.CH4O2S/c1-7-3-2-4-8(5-7)9-6-12(10)11;1-4(2)3/h2-5,9H,6H2,1H3,(H,10,11);1H3,(H,2,3)/p-2. The van der Waals surface area contributed by atoms with Gasteiger partial charge in [0.05, 0.1) is 5.88 Å². The Morgan fingerprint density at radius 3 is 2.31 bits per heavy atom. The van der Waals surface area contributed by atoms with E-state index in [0.29, 0.717) is 0 Å². The lowest BCUT2D eigenvalue weighted by atomic mass is 10.2. The van der Waals surface area contributed by atoms with Gasteiger partial charge in [-0.2, -0.15) is 0 Å². The molecule has 0 fully saturated rings. The molecular weight excluding hydrogens is 250 g/mol. The molecule has 0 amide bonds. The van der Waals surface area contributed by atoms with Crippen LogP contribution in [-0.4, -0.2) is 29.7 Å². The number of rotatable bonds is 3. The minimum Gasteiger partial charge on any atom is -0.773 e. The summed E-state index contributed by atoms with van der Waals surface area (Å²) in [6.45, 7) is 1.96. The zero-order valence-corrected chi connectivity index (χ0v) is 10.6. The van der Waals surface area contributed by atoms with Crippen molar-refractivity contribution in [3.63, 3.8) is 0 Å². The van der Waals surface area contributed by atoms with Crippen LogP contribution in [0.25, 0.3) is 0 Å². The van der Waals surface area contributed by atoms with Gasteiger partial charge in [-0.1, -0.05) is 23.2 Å². The van der Waals surface area contributed by atoms with E-state index in [1.165, 1.54) is 0 Å². The molecule has 1 N–H and O–H groups in total. The van der Waals surface area contributed by atoms with E-state index in [2.05, 4.69) is 5.32 Å². The van der Waals surface area contributed by atoms with Crippen molar-refractivity contribution in [3.05, 3.63) is 29.8 Å². The van der Waals surface area contributed by atoms with Gasteiger partial charge >= 0.3 is 0 Å². The topological polar surface area (TPSA) is 92.3 Å². The predicted molar refractivity (Wildman–Crippen MR) is 63.4 cm³/mol. The van der Waals surface area contributed by atoms with Crippen molar-refractivity contribution in [2.24, 2.45) is 0 Å². The second-order valence-electron chi connectivity index (χ2n) is 2.90. The molecule has 0 aliphatic heterocycles. The molecule has 1 aromatic carbocycles. The summed E-state index contributed by atoms with van der Waals surface area (Å²) in [6, 6.07) is 7.57. The SMILES string of the molecule is CS(=O)[O-].Cc1cccc(NCS(=O)[O-])c1. The zero-order chi connectivity index (χ0) is 12.6. The molecule has 1 aromatic rings. The molecule has 2 unspecified atom stereocenters. The van der Waals surface area contributed by atoms with Crippen molar-refractivity contribution < 1.29 is 17.5 Å². The van der Waals surface area contributed by atoms with Crippen LogP contribution < -0.4 is 5.32 Å². The van der Waals surface area contributed by atoms with Crippen LogP contribution >= 0.6 is 0 Å². The quantitative estimate of drug-likeness (QED) is 0.812. The first-order valence-electron chi connectivity index (χ1n) is 4.29. The molecule has 0 spiro atoms. The second kappa shape index (κ2) is 8.40.